The van der Waals surface area contributed by atoms with E-state index in [0.29, 0.717) is 18.8 Å². The SMILES string of the molecule is CN(CCNC(=O)NCc1cccc(Oc2cccc3c2C(=O)NC(=O)C3=O)c1)CC1CCCCC1. The van der Waals surface area contributed by atoms with Crippen molar-refractivity contribution in [2.45, 2.75) is 38.6 Å². The second-order valence-corrected chi connectivity index (χ2v) is 9.42. The van der Waals surface area contributed by atoms with Crippen molar-refractivity contribution in [1.82, 2.24) is 20.9 Å². The number of amides is 4. The van der Waals surface area contributed by atoms with Crippen LogP contribution in [-0.4, -0.2) is 55.2 Å². The molecule has 36 heavy (non-hydrogen) atoms. The van der Waals surface area contributed by atoms with Gasteiger partial charge in [0.25, 0.3) is 17.6 Å². The highest BCUT2D eigenvalue weighted by Gasteiger charge is 2.33. The molecule has 0 atom stereocenters. The molecule has 2 aromatic carbocycles. The molecule has 1 saturated carbocycles. The third kappa shape index (κ3) is 6.48. The lowest BCUT2D eigenvalue weighted by Crippen LogP contribution is -2.42. The van der Waals surface area contributed by atoms with E-state index < -0.39 is 17.6 Å². The van der Waals surface area contributed by atoms with Crippen molar-refractivity contribution in [2.75, 3.05) is 26.7 Å². The van der Waals surface area contributed by atoms with Crippen LogP contribution >= 0.6 is 0 Å². The molecule has 1 aliphatic heterocycles. The van der Waals surface area contributed by atoms with E-state index in [9.17, 15) is 19.2 Å². The Morgan fingerprint density at radius 3 is 2.61 bits per heavy atom. The van der Waals surface area contributed by atoms with Crippen LogP contribution in [0.4, 0.5) is 4.79 Å². The molecule has 0 saturated heterocycles. The number of ketones is 1. The van der Waals surface area contributed by atoms with Gasteiger partial charge in [-0.3, -0.25) is 19.7 Å². The Bertz CT molecular complexity index is 1140. The highest BCUT2D eigenvalue weighted by Crippen LogP contribution is 2.30. The average molecular weight is 493 g/mol. The summed E-state index contributed by atoms with van der Waals surface area (Å²) in [5, 5.41) is 7.77. The van der Waals surface area contributed by atoms with Gasteiger partial charge >= 0.3 is 6.03 Å². The molecule has 2 aromatic rings. The Morgan fingerprint density at radius 1 is 1.03 bits per heavy atom. The molecule has 9 heteroatoms. The first kappa shape index (κ1) is 25.4. The minimum absolute atomic E-state index is 0.0140. The lowest BCUT2D eigenvalue weighted by molar-refractivity contribution is -0.116. The molecule has 0 bridgehead atoms. The summed E-state index contributed by atoms with van der Waals surface area (Å²) in [6, 6.07) is 11.4. The highest BCUT2D eigenvalue weighted by atomic mass is 16.5. The molecule has 2 aliphatic rings. The maximum Gasteiger partial charge on any atom is 0.315 e. The Kier molecular flexibility index (Phi) is 8.32. The molecule has 4 amide bonds. The van der Waals surface area contributed by atoms with E-state index in [4.69, 9.17) is 4.74 Å². The monoisotopic (exact) mass is 492 g/mol. The third-order valence-corrected chi connectivity index (χ3v) is 6.58. The summed E-state index contributed by atoms with van der Waals surface area (Å²) >= 11 is 0. The van der Waals surface area contributed by atoms with Gasteiger partial charge in [-0.05, 0) is 55.6 Å². The molecule has 1 fully saturated rings. The number of nitrogens with zero attached hydrogens (tertiary/aromatic N) is 1. The number of Topliss-reactive ketones (excluding diaryl/α,β-unsaturated/α-hetero) is 1. The quantitative estimate of drug-likeness (QED) is 0.366. The number of ether oxygens (including phenoxy) is 1. The van der Waals surface area contributed by atoms with E-state index in [1.165, 1.54) is 38.2 Å². The molecule has 3 N–H and O–H groups in total. The Labute approximate surface area is 210 Å². The Morgan fingerprint density at radius 2 is 1.81 bits per heavy atom. The van der Waals surface area contributed by atoms with Crippen molar-refractivity contribution < 1.29 is 23.9 Å². The van der Waals surface area contributed by atoms with Crippen LogP contribution in [0.25, 0.3) is 0 Å². The van der Waals surface area contributed by atoms with Gasteiger partial charge in [-0.25, -0.2) is 4.79 Å². The van der Waals surface area contributed by atoms with E-state index >= 15 is 0 Å². The predicted octanol–water partition coefficient (Wildman–Crippen LogP) is 3.24. The number of hydrogen-bond acceptors (Lipinski definition) is 6. The van der Waals surface area contributed by atoms with Crippen LogP contribution in [0.5, 0.6) is 11.5 Å². The topological polar surface area (TPSA) is 117 Å². The second kappa shape index (κ2) is 11.8. The smallest absolute Gasteiger partial charge is 0.315 e. The second-order valence-electron chi connectivity index (χ2n) is 9.42. The van der Waals surface area contributed by atoms with Crippen LogP contribution in [0.2, 0.25) is 0 Å². The summed E-state index contributed by atoms with van der Waals surface area (Å²) in [7, 11) is 2.10. The zero-order valence-electron chi connectivity index (χ0n) is 20.5. The molecule has 0 aromatic heterocycles. The van der Waals surface area contributed by atoms with Gasteiger partial charge in [0.05, 0.1) is 5.56 Å². The van der Waals surface area contributed by atoms with Crippen molar-refractivity contribution >= 4 is 23.6 Å². The van der Waals surface area contributed by atoms with Gasteiger partial charge in [-0.1, -0.05) is 37.5 Å². The normalized spacial score (nSPS) is 15.9. The number of urea groups is 1. The van der Waals surface area contributed by atoms with Gasteiger partial charge in [-0.2, -0.15) is 0 Å². The molecular weight excluding hydrogens is 460 g/mol. The molecular formula is C27H32N4O5. The number of hydrogen-bond donors (Lipinski definition) is 3. The van der Waals surface area contributed by atoms with Crippen LogP contribution in [0.3, 0.4) is 0 Å². The lowest BCUT2D eigenvalue weighted by atomic mass is 9.89. The van der Waals surface area contributed by atoms with Crippen LogP contribution in [0.15, 0.2) is 42.5 Å². The highest BCUT2D eigenvalue weighted by molar-refractivity contribution is 6.49. The van der Waals surface area contributed by atoms with Crippen LogP contribution in [0, 0.1) is 5.92 Å². The van der Waals surface area contributed by atoms with Crippen molar-refractivity contribution in [2.24, 2.45) is 5.92 Å². The van der Waals surface area contributed by atoms with Gasteiger partial charge in [-0.15, -0.1) is 0 Å². The van der Waals surface area contributed by atoms with Crippen LogP contribution in [-0.2, 0) is 11.3 Å². The molecule has 0 radical (unpaired) electrons. The standard InChI is InChI=1S/C27H32N4O5/c1-31(17-18-7-3-2-4-8-18)14-13-28-27(35)29-16-19-9-5-10-20(15-19)36-22-12-6-11-21-23(22)25(33)30-26(34)24(21)32/h5-6,9-12,15,18H,2-4,7-8,13-14,16-17H2,1H3,(H2,28,29,35)(H,30,33,34). The Hall–Kier alpha value is -3.72. The molecule has 0 unspecified atom stereocenters. The minimum atomic E-state index is -0.952. The van der Waals surface area contributed by atoms with E-state index in [2.05, 4.69) is 22.6 Å². The fourth-order valence-electron chi connectivity index (χ4n) is 4.74. The van der Waals surface area contributed by atoms with E-state index in [1.54, 1.807) is 30.3 Å². The molecule has 1 heterocycles. The van der Waals surface area contributed by atoms with Gasteiger partial charge in [0, 0.05) is 31.7 Å². The third-order valence-electron chi connectivity index (χ3n) is 6.58. The first-order valence-electron chi connectivity index (χ1n) is 12.4. The maximum atomic E-state index is 12.3. The molecule has 1 aliphatic carbocycles. The minimum Gasteiger partial charge on any atom is -0.456 e. The summed E-state index contributed by atoms with van der Waals surface area (Å²) in [4.78, 5) is 50.6. The van der Waals surface area contributed by atoms with Crippen LogP contribution < -0.4 is 20.7 Å². The number of imide groups is 1. The number of carbonyl (C=O) groups excluding carboxylic acids is 4. The number of nitrogens with one attached hydrogen (secondary N) is 3. The average Bonchev–Trinajstić information content (AvgIpc) is 2.87. The fourth-order valence-corrected chi connectivity index (χ4v) is 4.74. The molecule has 0 spiro atoms. The lowest BCUT2D eigenvalue weighted by Gasteiger charge is -2.27. The van der Waals surface area contributed by atoms with Gasteiger partial charge in [0.2, 0.25) is 0 Å². The number of rotatable bonds is 9. The van der Waals surface area contributed by atoms with Crippen molar-refractivity contribution in [1.29, 1.82) is 0 Å². The summed E-state index contributed by atoms with van der Waals surface area (Å²) < 4.78 is 5.87. The molecule has 4 rings (SSSR count). The van der Waals surface area contributed by atoms with E-state index in [-0.39, 0.29) is 22.9 Å². The number of carbonyl (C=O) groups is 4. The largest absolute Gasteiger partial charge is 0.456 e. The van der Waals surface area contributed by atoms with Crippen LogP contribution in [0.1, 0.15) is 58.4 Å². The summed E-state index contributed by atoms with van der Waals surface area (Å²) in [6.45, 7) is 2.74. The van der Waals surface area contributed by atoms with Gasteiger partial charge < -0.3 is 20.3 Å². The first-order chi connectivity index (χ1) is 17.4. The van der Waals surface area contributed by atoms with Crippen molar-refractivity contribution in [3.05, 3.63) is 59.2 Å². The predicted molar refractivity (Wildman–Crippen MR) is 134 cm³/mol. The summed E-state index contributed by atoms with van der Waals surface area (Å²) in [6.07, 6.45) is 6.62. The van der Waals surface area contributed by atoms with Crippen molar-refractivity contribution in [3.8, 4) is 11.5 Å². The van der Waals surface area contributed by atoms with Gasteiger partial charge in [0.1, 0.15) is 11.5 Å². The van der Waals surface area contributed by atoms with E-state index in [1.807, 2.05) is 11.4 Å². The summed E-state index contributed by atoms with van der Waals surface area (Å²) in [5.41, 5.74) is 0.844. The molecule has 9 nitrogen and oxygen atoms in total. The van der Waals surface area contributed by atoms with Crippen molar-refractivity contribution in [3.63, 3.8) is 0 Å². The first-order valence-corrected chi connectivity index (χ1v) is 12.4. The zero-order valence-corrected chi connectivity index (χ0v) is 20.5. The van der Waals surface area contributed by atoms with E-state index in [0.717, 1.165) is 24.6 Å². The maximum absolute atomic E-state index is 12.3. The Balaban J connectivity index is 1.26. The van der Waals surface area contributed by atoms with Gasteiger partial charge in [0.15, 0.2) is 0 Å². The molecule has 190 valence electrons. The number of fused-ring (bicyclic) bond motifs is 1. The fraction of sp³-hybridized carbons (Fsp3) is 0.407. The number of benzene rings is 2. The number of likely N-dealkylation sites (N-methyl/N-ethyl adjacent to an activating group) is 1. The zero-order chi connectivity index (χ0) is 25.5. The summed E-state index contributed by atoms with van der Waals surface area (Å²) in [5.74, 6) is -1.03.